The summed E-state index contributed by atoms with van der Waals surface area (Å²) < 4.78 is 10.1. The van der Waals surface area contributed by atoms with E-state index < -0.39 is 4.39 Å². The molecule has 1 aromatic heterocycles. The van der Waals surface area contributed by atoms with Crippen LogP contribution in [-0.2, 0) is 0 Å². The van der Waals surface area contributed by atoms with Gasteiger partial charge in [0.25, 0.3) is 0 Å². The van der Waals surface area contributed by atoms with Crippen LogP contribution in [0, 0.1) is 11.8 Å². The Hall–Kier alpha value is -1.38. The highest BCUT2D eigenvalue weighted by Crippen LogP contribution is 2.41. The third-order valence-corrected chi connectivity index (χ3v) is 3.47. The van der Waals surface area contributed by atoms with E-state index in [1.54, 1.807) is 13.0 Å². The standard InChI is InChI=1S/C12H11ClN2O2S/c1-2-3-6-16-10-8-11(15-9-14-10)17-12(13)5-4-7-18-12/h4,7-9H,5-6H2,1H3. The van der Waals surface area contributed by atoms with Crippen molar-refractivity contribution in [2.24, 2.45) is 0 Å². The number of aromatic nitrogens is 2. The van der Waals surface area contributed by atoms with Crippen LogP contribution in [0.2, 0.25) is 0 Å². The van der Waals surface area contributed by atoms with Gasteiger partial charge in [0.1, 0.15) is 6.33 Å². The van der Waals surface area contributed by atoms with Gasteiger partial charge in [0.15, 0.2) is 6.61 Å². The lowest BCUT2D eigenvalue weighted by Crippen LogP contribution is -2.21. The molecule has 2 heterocycles. The summed E-state index contributed by atoms with van der Waals surface area (Å²) in [5.74, 6) is 6.32. The first kappa shape index (κ1) is 13.1. The molecule has 1 aliphatic heterocycles. The molecule has 94 valence electrons. The third-order valence-electron chi connectivity index (χ3n) is 2.04. The molecule has 4 nitrogen and oxygen atoms in total. The van der Waals surface area contributed by atoms with Crippen molar-refractivity contribution in [1.82, 2.24) is 9.97 Å². The average molecular weight is 283 g/mol. The van der Waals surface area contributed by atoms with E-state index >= 15 is 0 Å². The topological polar surface area (TPSA) is 44.2 Å². The molecule has 1 aliphatic rings. The lowest BCUT2D eigenvalue weighted by atomic mass is 10.4. The van der Waals surface area contributed by atoms with E-state index in [0.29, 0.717) is 18.2 Å². The maximum atomic E-state index is 6.24. The van der Waals surface area contributed by atoms with Crippen LogP contribution in [0.1, 0.15) is 13.3 Å². The Morgan fingerprint density at radius 2 is 2.33 bits per heavy atom. The minimum absolute atomic E-state index is 0.287. The fourth-order valence-electron chi connectivity index (χ4n) is 1.25. The highest BCUT2D eigenvalue weighted by atomic mass is 35.5. The number of ether oxygens (including phenoxy) is 2. The van der Waals surface area contributed by atoms with E-state index in [9.17, 15) is 0 Å². The zero-order chi connectivity index (χ0) is 12.8. The van der Waals surface area contributed by atoms with Crippen LogP contribution in [0.3, 0.4) is 0 Å². The number of thioether (sulfide) groups is 1. The van der Waals surface area contributed by atoms with E-state index in [0.717, 1.165) is 0 Å². The fourth-order valence-corrected chi connectivity index (χ4v) is 2.29. The normalized spacial score (nSPS) is 21.2. The fraction of sp³-hybridized carbons (Fsp3) is 0.333. The second-order valence-electron chi connectivity index (χ2n) is 3.37. The van der Waals surface area contributed by atoms with Crippen LogP contribution in [0.4, 0.5) is 0 Å². The van der Waals surface area contributed by atoms with Crippen molar-refractivity contribution in [2.45, 2.75) is 17.7 Å². The minimum atomic E-state index is -0.811. The average Bonchev–Trinajstić information content (AvgIpc) is 2.76. The van der Waals surface area contributed by atoms with Gasteiger partial charge in [-0.05, 0) is 12.3 Å². The summed E-state index contributed by atoms with van der Waals surface area (Å²) in [5.41, 5.74) is 0. The summed E-state index contributed by atoms with van der Waals surface area (Å²) in [6, 6.07) is 1.60. The van der Waals surface area contributed by atoms with E-state index in [-0.39, 0.29) is 6.61 Å². The Balaban J connectivity index is 2.00. The van der Waals surface area contributed by atoms with Crippen LogP contribution < -0.4 is 9.47 Å². The molecule has 0 saturated carbocycles. The molecular formula is C12H11ClN2O2S. The molecule has 0 aromatic carbocycles. The Kier molecular flexibility index (Phi) is 4.34. The summed E-state index contributed by atoms with van der Waals surface area (Å²) in [6.07, 6.45) is 3.95. The molecular weight excluding hydrogens is 272 g/mol. The van der Waals surface area contributed by atoms with Gasteiger partial charge < -0.3 is 9.47 Å². The number of alkyl halides is 1. The maximum absolute atomic E-state index is 6.24. The number of halogens is 1. The highest BCUT2D eigenvalue weighted by Gasteiger charge is 2.32. The van der Waals surface area contributed by atoms with E-state index in [2.05, 4.69) is 21.8 Å². The van der Waals surface area contributed by atoms with E-state index in [4.69, 9.17) is 21.1 Å². The summed E-state index contributed by atoms with van der Waals surface area (Å²) in [4.78, 5) is 7.96. The Morgan fingerprint density at radius 1 is 1.50 bits per heavy atom. The zero-order valence-corrected chi connectivity index (χ0v) is 11.3. The van der Waals surface area contributed by atoms with Gasteiger partial charge in [-0.15, -0.1) is 5.92 Å². The van der Waals surface area contributed by atoms with Crippen molar-refractivity contribution in [2.75, 3.05) is 6.61 Å². The SMILES string of the molecule is CC#CCOc1cc(OC2(Cl)CC=CS2)ncn1. The maximum Gasteiger partial charge on any atom is 0.238 e. The van der Waals surface area contributed by atoms with Crippen LogP contribution in [0.15, 0.2) is 23.9 Å². The molecule has 0 N–H and O–H groups in total. The molecule has 18 heavy (non-hydrogen) atoms. The van der Waals surface area contributed by atoms with E-state index in [1.807, 2.05) is 11.5 Å². The summed E-state index contributed by atoms with van der Waals surface area (Å²) >= 11 is 7.64. The number of nitrogens with zero attached hydrogens (tertiary/aromatic N) is 2. The molecule has 0 spiro atoms. The van der Waals surface area contributed by atoms with Crippen molar-refractivity contribution >= 4 is 23.4 Å². The molecule has 6 heteroatoms. The van der Waals surface area contributed by atoms with Gasteiger partial charge in [-0.3, -0.25) is 0 Å². The molecule has 2 rings (SSSR count). The van der Waals surface area contributed by atoms with Crippen molar-refractivity contribution in [1.29, 1.82) is 0 Å². The molecule has 0 aliphatic carbocycles. The number of hydrogen-bond donors (Lipinski definition) is 0. The van der Waals surface area contributed by atoms with Gasteiger partial charge in [-0.2, -0.15) is 0 Å². The predicted octanol–water partition coefficient (Wildman–Crippen LogP) is 2.80. The summed E-state index contributed by atoms with van der Waals surface area (Å²) in [7, 11) is 0. The quantitative estimate of drug-likeness (QED) is 0.628. The van der Waals surface area contributed by atoms with Gasteiger partial charge in [-0.1, -0.05) is 35.4 Å². The minimum Gasteiger partial charge on any atom is -0.464 e. The van der Waals surface area contributed by atoms with Crippen molar-refractivity contribution in [3.05, 3.63) is 23.9 Å². The monoisotopic (exact) mass is 282 g/mol. The van der Waals surface area contributed by atoms with Crippen LogP contribution in [-0.4, -0.2) is 21.0 Å². The highest BCUT2D eigenvalue weighted by molar-refractivity contribution is 8.04. The largest absolute Gasteiger partial charge is 0.464 e. The number of hydrogen-bond acceptors (Lipinski definition) is 5. The van der Waals surface area contributed by atoms with Gasteiger partial charge >= 0.3 is 0 Å². The molecule has 0 amide bonds. The van der Waals surface area contributed by atoms with Gasteiger partial charge in [0, 0.05) is 6.42 Å². The van der Waals surface area contributed by atoms with Crippen molar-refractivity contribution < 1.29 is 9.47 Å². The lowest BCUT2D eigenvalue weighted by molar-refractivity contribution is 0.242. The number of rotatable bonds is 4. The Bertz CT molecular complexity index is 502. The third kappa shape index (κ3) is 3.56. The molecule has 1 unspecified atom stereocenters. The molecule has 0 bridgehead atoms. The second kappa shape index (κ2) is 5.98. The second-order valence-corrected chi connectivity index (χ2v) is 5.37. The molecule has 0 radical (unpaired) electrons. The van der Waals surface area contributed by atoms with Crippen LogP contribution in [0.25, 0.3) is 0 Å². The van der Waals surface area contributed by atoms with Gasteiger partial charge in [0.05, 0.1) is 6.07 Å². The van der Waals surface area contributed by atoms with Crippen LogP contribution >= 0.6 is 23.4 Å². The molecule has 0 saturated heterocycles. The first-order chi connectivity index (χ1) is 8.72. The molecule has 1 atom stereocenters. The zero-order valence-electron chi connectivity index (χ0n) is 9.72. The Morgan fingerprint density at radius 3 is 3.06 bits per heavy atom. The lowest BCUT2D eigenvalue weighted by Gasteiger charge is -2.20. The van der Waals surface area contributed by atoms with Gasteiger partial charge in [0.2, 0.25) is 16.2 Å². The van der Waals surface area contributed by atoms with Gasteiger partial charge in [-0.25, -0.2) is 9.97 Å². The van der Waals surface area contributed by atoms with Crippen LogP contribution in [0.5, 0.6) is 11.8 Å². The predicted molar refractivity (Wildman–Crippen MR) is 71.5 cm³/mol. The first-order valence-electron chi connectivity index (χ1n) is 5.27. The van der Waals surface area contributed by atoms with E-state index in [1.165, 1.54) is 18.1 Å². The Labute approximate surface area is 115 Å². The summed E-state index contributed by atoms with van der Waals surface area (Å²) in [5, 5.41) is 1.91. The smallest absolute Gasteiger partial charge is 0.238 e. The molecule has 1 aromatic rings. The first-order valence-corrected chi connectivity index (χ1v) is 6.53. The summed E-state index contributed by atoms with van der Waals surface area (Å²) in [6.45, 7) is 2.04. The molecule has 0 fully saturated rings. The van der Waals surface area contributed by atoms with Crippen molar-refractivity contribution in [3.8, 4) is 23.6 Å². The van der Waals surface area contributed by atoms with Crippen molar-refractivity contribution in [3.63, 3.8) is 0 Å².